The van der Waals surface area contributed by atoms with Crippen LogP contribution in [0.15, 0.2) is 42.5 Å². The summed E-state index contributed by atoms with van der Waals surface area (Å²) in [6.07, 6.45) is 0.00529. The number of carboxylic acid groups (broad SMARTS) is 1. The predicted molar refractivity (Wildman–Crippen MR) is 76.4 cm³/mol. The first-order chi connectivity index (χ1) is 9.61. The molecule has 0 aliphatic carbocycles. The van der Waals surface area contributed by atoms with E-state index in [0.717, 1.165) is 26.4 Å². The molecule has 100 valence electrons. The number of carbonyl (C=O) groups is 1. The molecule has 0 aliphatic rings. The summed E-state index contributed by atoms with van der Waals surface area (Å²) in [5, 5.41) is 9.53. The summed E-state index contributed by atoms with van der Waals surface area (Å²) in [6, 6.07) is 11.7. The van der Waals surface area contributed by atoms with Gasteiger partial charge in [0.25, 0.3) is 0 Å². The molecule has 0 bridgehead atoms. The van der Waals surface area contributed by atoms with Crippen LogP contribution in [0.4, 0.5) is 4.39 Å². The summed E-state index contributed by atoms with van der Waals surface area (Å²) in [6.45, 7) is 0. The third-order valence-corrected chi connectivity index (χ3v) is 3.97. The molecule has 0 saturated heterocycles. The first kappa shape index (κ1) is 12.7. The lowest BCUT2D eigenvalue weighted by atomic mass is 10.1. The van der Waals surface area contributed by atoms with Gasteiger partial charge < -0.3 is 5.11 Å². The van der Waals surface area contributed by atoms with E-state index in [1.54, 1.807) is 18.2 Å². The van der Waals surface area contributed by atoms with Crippen molar-refractivity contribution in [2.24, 2.45) is 0 Å². The zero-order valence-corrected chi connectivity index (χ0v) is 11.2. The summed E-state index contributed by atoms with van der Waals surface area (Å²) in [5.74, 6) is -1.13. The highest BCUT2D eigenvalue weighted by atomic mass is 32.1. The molecule has 0 aliphatic heterocycles. The lowest BCUT2D eigenvalue weighted by molar-refractivity contribution is -0.136. The van der Waals surface area contributed by atoms with E-state index in [1.807, 2.05) is 12.1 Å². The minimum Gasteiger partial charge on any atom is -0.481 e. The van der Waals surface area contributed by atoms with Crippen molar-refractivity contribution < 1.29 is 14.3 Å². The topological polar surface area (TPSA) is 50.2 Å². The monoisotopic (exact) mass is 287 g/mol. The molecule has 5 heteroatoms. The van der Waals surface area contributed by atoms with Crippen LogP contribution in [0.1, 0.15) is 5.56 Å². The molecule has 0 radical (unpaired) electrons. The van der Waals surface area contributed by atoms with Gasteiger partial charge in [0.1, 0.15) is 10.8 Å². The Balaban J connectivity index is 1.96. The number of halogens is 1. The molecule has 0 fully saturated rings. The van der Waals surface area contributed by atoms with Crippen molar-refractivity contribution in [1.29, 1.82) is 0 Å². The molecular formula is C15H10FNO2S. The average Bonchev–Trinajstić information content (AvgIpc) is 2.81. The summed E-state index contributed by atoms with van der Waals surface area (Å²) in [7, 11) is 0. The van der Waals surface area contributed by atoms with Gasteiger partial charge in [0, 0.05) is 5.56 Å². The molecule has 3 aromatic rings. The Labute approximate surface area is 118 Å². The Morgan fingerprint density at radius 2 is 1.95 bits per heavy atom. The number of benzene rings is 2. The number of aromatic nitrogens is 1. The van der Waals surface area contributed by atoms with Gasteiger partial charge in [-0.05, 0) is 23.8 Å². The van der Waals surface area contributed by atoms with Gasteiger partial charge in [0.05, 0.1) is 16.6 Å². The lowest BCUT2D eigenvalue weighted by Gasteiger charge is -1.99. The van der Waals surface area contributed by atoms with E-state index < -0.39 is 5.97 Å². The molecule has 0 unspecified atom stereocenters. The second-order valence-corrected chi connectivity index (χ2v) is 5.43. The van der Waals surface area contributed by atoms with Crippen molar-refractivity contribution in [3.8, 4) is 10.6 Å². The Morgan fingerprint density at radius 3 is 2.65 bits per heavy atom. The SMILES string of the molecule is O=C(O)Cc1ccc(-c2nc3ccc(F)cc3s2)cc1. The fourth-order valence-corrected chi connectivity index (χ4v) is 2.96. The molecule has 0 atom stereocenters. The highest BCUT2D eigenvalue weighted by molar-refractivity contribution is 7.21. The van der Waals surface area contributed by atoms with E-state index in [9.17, 15) is 9.18 Å². The van der Waals surface area contributed by atoms with Crippen molar-refractivity contribution in [1.82, 2.24) is 4.98 Å². The number of hydrogen-bond acceptors (Lipinski definition) is 3. The van der Waals surface area contributed by atoms with Gasteiger partial charge in [0.2, 0.25) is 0 Å². The van der Waals surface area contributed by atoms with Crippen LogP contribution in [0.25, 0.3) is 20.8 Å². The highest BCUT2D eigenvalue weighted by Gasteiger charge is 2.07. The summed E-state index contributed by atoms with van der Waals surface area (Å²) in [4.78, 5) is 15.1. The smallest absolute Gasteiger partial charge is 0.307 e. The average molecular weight is 287 g/mol. The van der Waals surface area contributed by atoms with Gasteiger partial charge in [-0.3, -0.25) is 4.79 Å². The quantitative estimate of drug-likeness (QED) is 0.798. The third-order valence-electron chi connectivity index (χ3n) is 2.91. The molecule has 0 amide bonds. The Morgan fingerprint density at radius 1 is 1.20 bits per heavy atom. The first-order valence-electron chi connectivity index (χ1n) is 5.99. The van der Waals surface area contributed by atoms with Crippen LogP contribution in [-0.2, 0) is 11.2 Å². The number of fused-ring (bicyclic) bond motifs is 1. The van der Waals surface area contributed by atoms with E-state index in [2.05, 4.69) is 4.98 Å². The van der Waals surface area contributed by atoms with Crippen molar-refractivity contribution in [2.75, 3.05) is 0 Å². The molecule has 20 heavy (non-hydrogen) atoms. The summed E-state index contributed by atoms with van der Waals surface area (Å²) >= 11 is 1.42. The Bertz CT molecular complexity index is 780. The van der Waals surface area contributed by atoms with Crippen LogP contribution < -0.4 is 0 Å². The van der Waals surface area contributed by atoms with Gasteiger partial charge in [0.15, 0.2) is 0 Å². The standard InChI is InChI=1S/C15H10FNO2S/c16-11-5-6-12-13(8-11)20-15(17-12)10-3-1-9(2-4-10)7-14(18)19/h1-6,8H,7H2,(H,18,19). The van der Waals surface area contributed by atoms with Crippen molar-refractivity contribution in [3.63, 3.8) is 0 Å². The second-order valence-electron chi connectivity index (χ2n) is 4.40. The minimum atomic E-state index is -0.854. The first-order valence-corrected chi connectivity index (χ1v) is 6.81. The normalized spacial score (nSPS) is 10.8. The van der Waals surface area contributed by atoms with Crippen LogP contribution >= 0.6 is 11.3 Å². The van der Waals surface area contributed by atoms with E-state index in [0.29, 0.717) is 0 Å². The fourth-order valence-electron chi connectivity index (χ4n) is 1.96. The number of rotatable bonds is 3. The zero-order valence-electron chi connectivity index (χ0n) is 10.3. The van der Waals surface area contributed by atoms with Crippen LogP contribution in [0.2, 0.25) is 0 Å². The van der Waals surface area contributed by atoms with Crippen LogP contribution in [0, 0.1) is 5.82 Å². The summed E-state index contributed by atoms with van der Waals surface area (Å²) < 4.78 is 13.9. The molecule has 1 heterocycles. The molecule has 1 aromatic heterocycles. The number of hydrogen-bond donors (Lipinski definition) is 1. The largest absolute Gasteiger partial charge is 0.481 e. The third kappa shape index (κ3) is 2.53. The zero-order chi connectivity index (χ0) is 14.1. The number of thiazole rings is 1. The molecular weight excluding hydrogens is 277 g/mol. The highest BCUT2D eigenvalue weighted by Crippen LogP contribution is 2.30. The van der Waals surface area contributed by atoms with Gasteiger partial charge in [-0.25, -0.2) is 9.37 Å². The van der Waals surface area contributed by atoms with E-state index in [1.165, 1.54) is 23.5 Å². The van der Waals surface area contributed by atoms with E-state index in [-0.39, 0.29) is 12.2 Å². The maximum atomic E-state index is 13.1. The second kappa shape index (κ2) is 5.02. The number of aliphatic carboxylic acids is 1. The van der Waals surface area contributed by atoms with Gasteiger partial charge >= 0.3 is 5.97 Å². The van der Waals surface area contributed by atoms with E-state index >= 15 is 0 Å². The maximum Gasteiger partial charge on any atom is 0.307 e. The minimum absolute atomic E-state index is 0.00529. The Hall–Kier alpha value is -2.27. The maximum absolute atomic E-state index is 13.1. The van der Waals surface area contributed by atoms with Crippen LogP contribution in [0.5, 0.6) is 0 Å². The van der Waals surface area contributed by atoms with Gasteiger partial charge in [-0.1, -0.05) is 24.3 Å². The van der Waals surface area contributed by atoms with Crippen LogP contribution in [0.3, 0.4) is 0 Å². The van der Waals surface area contributed by atoms with Crippen molar-refractivity contribution >= 4 is 27.5 Å². The van der Waals surface area contributed by atoms with Crippen molar-refractivity contribution in [2.45, 2.75) is 6.42 Å². The number of carboxylic acids is 1. The van der Waals surface area contributed by atoms with Crippen molar-refractivity contribution in [3.05, 3.63) is 53.8 Å². The Kier molecular flexibility index (Phi) is 3.20. The predicted octanol–water partition coefficient (Wildman–Crippen LogP) is 3.73. The molecule has 0 saturated carbocycles. The van der Waals surface area contributed by atoms with E-state index in [4.69, 9.17) is 5.11 Å². The lowest BCUT2D eigenvalue weighted by Crippen LogP contribution is -1.99. The molecule has 2 aromatic carbocycles. The molecule has 1 N–H and O–H groups in total. The molecule has 0 spiro atoms. The molecule has 3 nitrogen and oxygen atoms in total. The summed E-state index contributed by atoms with van der Waals surface area (Å²) in [5.41, 5.74) is 2.41. The molecule has 3 rings (SSSR count). The number of nitrogens with zero attached hydrogens (tertiary/aromatic N) is 1. The van der Waals surface area contributed by atoms with Gasteiger partial charge in [-0.2, -0.15) is 0 Å². The fraction of sp³-hybridized carbons (Fsp3) is 0.0667. The van der Waals surface area contributed by atoms with Crippen LogP contribution in [-0.4, -0.2) is 16.1 Å². The van der Waals surface area contributed by atoms with Gasteiger partial charge in [-0.15, -0.1) is 11.3 Å².